The van der Waals surface area contributed by atoms with Crippen LogP contribution in [0.1, 0.15) is 16.8 Å². The highest BCUT2D eigenvalue weighted by molar-refractivity contribution is 5.97. The number of carbonyl (C=O) groups excluding carboxylic acids is 1. The number of ether oxygens (including phenoxy) is 2. The van der Waals surface area contributed by atoms with Gasteiger partial charge in [-0.05, 0) is 43.5 Å². The summed E-state index contributed by atoms with van der Waals surface area (Å²) in [5.41, 5.74) is 4.52. The smallest absolute Gasteiger partial charge is 0.318 e. The van der Waals surface area contributed by atoms with Crippen LogP contribution in [0.15, 0.2) is 49.1 Å². The van der Waals surface area contributed by atoms with Crippen LogP contribution < -0.4 is 14.5 Å². The van der Waals surface area contributed by atoms with Gasteiger partial charge in [-0.15, -0.1) is 0 Å². The van der Waals surface area contributed by atoms with Gasteiger partial charge in [-0.3, -0.25) is 4.79 Å². The van der Waals surface area contributed by atoms with Gasteiger partial charge < -0.3 is 33.9 Å². The number of hydrogen-bond donors (Lipinski definition) is 0. The van der Waals surface area contributed by atoms with Gasteiger partial charge in [-0.2, -0.15) is 9.97 Å². The molecule has 2 saturated heterocycles. The quantitative estimate of drug-likeness (QED) is 0.216. The fraction of sp³-hybridized carbons (Fsp3) is 0.455. The molecule has 1 amide bonds. The number of aromatic nitrogens is 2. The Hall–Kier alpha value is -4.20. The number of hydrogen-bond acceptors (Lipinski definition) is 8. The molecule has 6 rings (SSSR count). The Labute approximate surface area is 253 Å². The molecule has 2 aromatic carbocycles. The molecule has 3 aromatic rings. The molecule has 0 spiro atoms. The second-order valence-corrected chi connectivity index (χ2v) is 11.6. The van der Waals surface area contributed by atoms with Crippen LogP contribution in [0.2, 0.25) is 0 Å². The average Bonchev–Trinajstić information content (AvgIpc) is 3.01. The summed E-state index contributed by atoms with van der Waals surface area (Å²) in [5.74, 6) is 0.705. The Morgan fingerprint density at radius 2 is 1.91 bits per heavy atom. The zero-order chi connectivity index (χ0) is 29.9. The number of carbonyl (C=O) groups is 1. The van der Waals surface area contributed by atoms with Gasteiger partial charge in [-0.1, -0.05) is 36.9 Å². The van der Waals surface area contributed by atoms with Crippen LogP contribution in [0.25, 0.3) is 15.6 Å². The summed E-state index contributed by atoms with van der Waals surface area (Å²) in [6.07, 6.45) is 2.36. The monoisotopic (exact) mass is 581 g/mol. The van der Waals surface area contributed by atoms with Crippen molar-refractivity contribution in [1.29, 1.82) is 0 Å². The number of rotatable bonds is 9. The summed E-state index contributed by atoms with van der Waals surface area (Å²) >= 11 is 0. The van der Waals surface area contributed by atoms with Gasteiger partial charge in [0.05, 0.1) is 24.9 Å². The molecule has 0 N–H and O–H groups in total. The topological polar surface area (TPSA) is 78.6 Å². The van der Waals surface area contributed by atoms with Crippen molar-refractivity contribution in [3.63, 3.8) is 0 Å². The summed E-state index contributed by atoms with van der Waals surface area (Å²) in [6, 6.07) is 13.0. The maximum atomic E-state index is 12.5. The van der Waals surface area contributed by atoms with E-state index < -0.39 is 0 Å². The molecule has 10 nitrogen and oxygen atoms in total. The van der Waals surface area contributed by atoms with Crippen LogP contribution in [-0.4, -0.2) is 104 Å². The third-order valence-corrected chi connectivity index (χ3v) is 8.70. The molecular weight excluding hydrogens is 542 g/mol. The van der Waals surface area contributed by atoms with Crippen LogP contribution in [0.3, 0.4) is 0 Å². The van der Waals surface area contributed by atoms with Gasteiger partial charge in [0.15, 0.2) is 0 Å². The fourth-order valence-corrected chi connectivity index (χ4v) is 6.50. The van der Waals surface area contributed by atoms with Gasteiger partial charge >= 0.3 is 6.01 Å². The highest BCUT2D eigenvalue weighted by atomic mass is 16.5. The Morgan fingerprint density at radius 3 is 2.67 bits per heavy atom. The van der Waals surface area contributed by atoms with E-state index >= 15 is 0 Å². The number of aryl methyl sites for hydroxylation is 1. The van der Waals surface area contributed by atoms with Crippen molar-refractivity contribution in [2.75, 3.05) is 75.9 Å². The number of piperazine rings is 1. The molecule has 10 heteroatoms. The van der Waals surface area contributed by atoms with E-state index in [1.54, 1.807) is 4.90 Å². The third-order valence-electron chi connectivity index (χ3n) is 8.70. The Morgan fingerprint density at radius 1 is 1.09 bits per heavy atom. The number of nitrogens with zero attached hydrogens (tertiary/aromatic N) is 7. The molecule has 43 heavy (non-hydrogen) atoms. The van der Waals surface area contributed by atoms with E-state index in [4.69, 9.17) is 26.0 Å². The number of likely N-dealkylation sites (N-methyl/N-ethyl adjacent to an activating group) is 1. The van der Waals surface area contributed by atoms with Crippen molar-refractivity contribution in [2.24, 2.45) is 0 Å². The van der Waals surface area contributed by atoms with Crippen LogP contribution in [0.5, 0.6) is 6.01 Å². The maximum Gasteiger partial charge on any atom is 0.318 e. The predicted octanol–water partition coefficient (Wildman–Crippen LogP) is 3.33. The first-order valence-electron chi connectivity index (χ1n) is 15.0. The standard InChI is InChI=1S/C33H39N7O3/c1-5-30(41)40-15-14-39(19-25(40)18-34-3)32-27-12-13-38(29-11-7-10-24-9-6-8-23(2)31(24)29)22-28(27)35-33(36-32)43-17-16-42-26-20-37(4)21-26/h5-11,25-26H,1,12-22H2,2,4H3/t25-/m0/s1. The maximum absolute atomic E-state index is 12.5. The number of amides is 1. The van der Waals surface area contributed by atoms with Gasteiger partial charge in [0, 0.05) is 55.9 Å². The summed E-state index contributed by atoms with van der Waals surface area (Å²) in [6.45, 7) is 19.4. The van der Waals surface area contributed by atoms with Gasteiger partial charge in [-0.25, -0.2) is 6.57 Å². The van der Waals surface area contributed by atoms with Crippen molar-refractivity contribution in [3.8, 4) is 6.01 Å². The zero-order valence-electron chi connectivity index (χ0n) is 25.0. The molecule has 0 aliphatic carbocycles. The SMILES string of the molecule is [C-]#[N+]C[C@H]1CN(c2nc(OCCOC3CN(C)C3)nc3c2CCN(c2cccc4cccc(C)c24)C3)CCN1C(=O)C=C. The van der Waals surface area contributed by atoms with Gasteiger partial charge in [0.25, 0.3) is 0 Å². The van der Waals surface area contributed by atoms with Crippen LogP contribution in [0, 0.1) is 13.5 Å². The number of likely N-dealkylation sites (tertiary alicyclic amines) is 1. The minimum absolute atomic E-state index is 0.138. The first kappa shape index (κ1) is 28.9. The molecule has 0 unspecified atom stereocenters. The lowest BCUT2D eigenvalue weighted by molar-refractivity contribution is -0.128. The fourth-order valence-electron chi connectivity index (χ4n) is 6.50. The van der Waals surface area contributed by atoms with E-state index in [9.17, 15) is 4.79 Å². The third kappa shape index (κ3) is 6.01. The summed E-state index contributed by atoms with van der Waals surface area (Å²) in [5, 5.41) is 2.49. The number of benzene rings is 2. The van der Waals surface area contributed by atoms with E-state index in [1.165, 1.54) is 28.1 Å². The molecule has 1 atom stereocenters. The van der Waals surface area contributed by atoms with E-state index in [1.807, 2.05) is 0 Å². The number of anilines is 2. The Bertz CT molecular complexity index is 1540. The second kappa shape index (κ2) is 12.6. The molecule has 1 aromatic heterocycles. The minimum Gasteiger partial charge on any atom is -0.461 e. The van der Waals surface area contributed by atoms with Gasteiger partial charge in [0.1, 0.15) is 18.5 Å². The molecule has 224 valence electrons. The normalized spacial score (nSPS) is 19.1. The van der Waals surface area contributed by atoms with Crippen molar-refractivity contribution >= 4 is 28.2 Å². The molecule has 3 aliphatic heterocycles. The van der Waals surface area contributed by atoms with Crippen molar-refractivity contribution in [1.82, 2.24) is 19.8 Å². The highest BCUT2D eigenvalue weighted by Crippen LogP contribution is 2.35. The number of fused-ring (bicyclic) bond motifs is 2. The largest absolute Gasteiger partial charge is 0.461 e. The zero-order valence-corrected chi connectivity index (χ0v) is 25.0. The molecular formula is C33H39N7O3. The van der Waals surface area contributed by atoms with Crippen molar-refractivity contribution in [2.45, 2.75) is 32.0 Å². The lowest BCUT2D eigenvalue weighted by Gasteiger charge is -2.41. The molecule has 2 fully saturated rings. The minimum atomic E-state index is -0.237. The summed E-state index contributed by atoms with van der Waals surface area (Å²) in [4.78, 5) is 34.6. The summed E-state index contributed by atoms with van der Waals surface area (Å²) in [7, 11) is 2.08. The van der Waals surface area contributed by atoms with Gasteiger partial charge in [0.2, 0.25) is 12.5 Å². The molecule has 4 heterocycles. The first-order chi connectivity index (χ1) is 20.9. The lowest BCUT2D eigenvalue weighted by atomic mass is 9.99. The van der Waals surface area contributed by atoms with Crippen molar-refractivity contribution < 1.29 is 14.3 Å². The molecule has 0 saturated carbocycles. The average molecular weight is 582 g/mol. The van der Waals surface area contributed by atoms with E-state index in [0.29, 0.717) is 45.4 Å². The lowest BCUT2D eigenvalue weighted by Crippen LogP contribution is -2.56. The highest BCUT2D eigenvalue weighted by Gasteiger charge is 2.35. The Kier molecular flexibility index (Phi) is 8.45. The van der Waals surface area contributed by atoms with E-state index in [-0.39, 0.29) is 24.6 Å². The predicted molar refractivity (Wildman–Crippen MR) is 168 cm³/mol. The van der Waals surface area contributed by atoms with Crippen molar-refractivity contribution in [3.05, 3.63) is 77.3 Å². The second-order valence-electron chi connectivity index (χ2n) is 11.6. The van der Waals surface area contributed by atoms with E-state index in [0.717, 1.165) is 43.1 Å². The van der Waals surface area contributed by atoms with E-state index in [2.05, 4.69) is 76.5 Å². The van der Waals surface area contributed by atoms with Crippen LogP contribution >= 0.6 is 0 Å². The molecule has 0 radical (unpaired) electrons. The summed E-state index contributed by atoms with van der Waals surface area (Å²) < 4.78 is 12.0. The molecule has 3 aliphatic rings. The first-order valence-corrected chi connectivity index (χ1v) is 15.0. The Balaban J connectivity index is 1.28. The molecule has 0 bridgehead atoms. The van der Waals surface area contributed by atoms with Crippen LogP contribution in [0.4, 0.5) is 11.5 Å². The van der Waals surface area contributed by atoms with Crippen LogP contribution in [-0.2, 0) is 22.5 Å².